The van der Waals surface area contributed by atoms with Crippen LogP contribution >= 0.6 is 0 Å². The topological polar surface area (TPSA) is 41.6 Å². The largest absolute Gasteiger partial charge is 0.373 e. The minimum Gasteiger partial charge on any atom is -0.373 e. The number of anilines is 1. The highest BCUT2D eigenvalue weighted by Gasteiger charge is 2.29. The van der Waals surface area contributed by atoms with Crippen molar-refractivity contribution in [2.75, 3.05) is 18.4 Å². The van der Waals surface area contributed by atoms with Gasteiger partial charge in [-0.1, -0.05) is 17.7 Å². The first-order valence-electron chi connectivity index (χ1n) is 7.64. The van der Waals surface area contributed by atoms with E-state index in [9.17, 15) is 4.79 Å². The average Bonchev–Trinajstić information content (AvgIpc) is 2.40. The third-order valence-electron chi connectivity index (χ3n) is 4.01. The van der Waals surface area contributed by atoms with E-state index in [0.717, 1.165) is 24.3 Å². The van der Waals surface area contributed by atoms with Gasteiger partial charge in [-0.2, -0.15) is 0 Å². The fourth-order valence-corrected chi connectivity index (χ4v) is 2.89. The first-order chi connectivity index (χ1) is 9.86. The Balaban J connectivity index is 2.02. The maximum absolute atomic E-state index is 12.5. The van der Waals surface area contributed by atoms with E-state index < -0.39 is 0 Å². The summed E-state index contributed by atoms with van der Waals surface area (Å²) in [6.07, 6.45) is 0.343. The zero-order valence-corrected chi connectivity index (χ0v) is 13.6. The molecule has 4 nitrogen and oxygen atoms in total. The van der Waals surface area contributed by atoms with Gasteiger partial charge in [0, 0.05) is 18.8 Å². The Morgan fingerprint density at radius 3 is 2.48 bits per heavy atom. The van der Waals surface area contributed by atoms with Crippen LogP contribution in [0.15, 0.2) is 18.2 Å². The molecule has 2 rings (SSSR count). The van der Waals surface area contributed by atoms with Gasteiger partial charge in [-0.05, 0) is 46.2 Å². The molecule has 0 aromatic heterocycles. The number of ether oxygens (including phenoxy) is 1. The molecule has 1 amide bonds. The van der Waals surface area contributed by atoms with Crippen molar-refractivity contribution in [1.82, 2.24) is 4.90 Å². The molecule has 0 bridgehead atoms. The average molecular weight is 290 g/mol. The van der Waals surface area contributed by atoms with Crippen molar-refractivity contribution < 1.29 is 9.53 Å². The molecule has 116 valence electrons. The van der Waals surface area contributed by atoms with Gasteiger partial charge in [0.2, 0.25) is 5.91 Å². The molecule has 0 unspecified atom stereocenters. The number of nitrogens with one attached hydrogen (secondary N) is 1. The lowest BCUT2D eigenvalue weighted by atomic mass is 10.1. The highest BCUT2D eigenvalue weighted by Crippen LogP contribution is 2.18. The predicted octanol–water partition coefficient (Wildman–Crippen LogP) is 2.74. The summed E-state index contributed by atoms with van der Waals surface area (Å²) >= 11 is 0. The Hall–Kier alpha value is -1.39. The molecule has 1 aromatic rings. The fraction of sp³-hybridized carbons (Fsp3) is 0.588. The fourth-order valence-electron chi connectivity index (χ4n) is 2.89. The maximum atomic E-state index is 12.5. The van der Waals surface area contributed by atoms with Crippen LogP contribution in [0.3, 0.4) is 0 Å². The van der Waals surface area contributed by atoms with E-state index in [-0.39, 0.29) is 24.2 Å². The van der Waals surface area contributed by atoms with Crippen LogP contribution in [0.5, 0.6) is 0 Å². The number of rotatable bonds is 3. The Morgan fingerprint density at radius 1 is 1.29 bits per heavy atom. The first kappa shape index (κ1) is 16.0. The predicted molar refractivity (Wildman–Crippen MR) is 85.6 cm³/mol. The summed E-state index contributed by atoms with van der Waals surface area (Å²) < 4.78 is 5.72. The van der Waals surface area contributed by atoms with Gasteiger partial charge in [-0.3, -0.25) is 9.69 Å². The van der Waals surface area contributed by atoms with Crippen LogP contribution in [0, 0.1) is 13.8 Å². The van der Waals surface area contributed by atoms with Gasteiger partial charge >= 0.3 is 0 Å². The zero-order valence-electron chi connectivity index (χ0n) is 13.6. The Bertz CT molecular complexity index is 506. The smallest absolute Gasteiger partial charge is 0.241 e. The number of morpholine rings is 1. The van der Waals surface area contributed by atoms with Gasteiger partial charge in [0.15, 0.2) is 0 Å². The Morgan fingerprint density at radius 2 is 1.90 bits per heavy atom. The minimum atomic E-state index is -0.153. The van der Waals surface area contributed by atoms with E-state index in [1.54, 1.807) is 0 Å². The van der Waals surface area contributed by atoms with E-state index in [2.05, 4.69) is 37.1 Å². The van der Waals surface area contributed by atoms with Crippen molar-refractivity contribution in [3.05, 3.63) is 29.3 Å². The van der Waals surface area contributed by atoms with Crippen molar-refractivity contribution in [3.8, 4) is 0 Å². The lowest BCUT2D eigenvalue weighted by Gasteiger charge is -2.38. The van der Waals surface area contributed by atoms with Crippen molar-refractivity contribution >= 4 is 11.6 Å². The lowest BCUT2D eigenvalue weighted by molar-refractivity contribution is -0.126. The molecule has 1 N–H and O–H groups in total. The van der Waals surface area contributed by atoms with Gasteiger partial charge in [-0.15, -0.1) is 0 Å². The summed E-state index contributed by atoms with van der Waals surface area (Å²) in [5, 5.41) is 3.04. The SMILES string of the molecule is Cc1ccc(NC(=O)[C@@H](C)N2C[C@@H](C)O[C@@H](C)C2)c(C)c1. The zero-order chi connectivity index (χ0) is 15.6. The normalized spacial score (nSPS) is 24.6. The quantitative estimate of drug-likeness (QED) is 0.930. The van der Waals surface area contributed by atoms with Gasteiger partial charge in [0.05, 0.1) is 18.2 Å². The first-order valence-corrected chi connectivity index (χ1v) is 7.64. The number of amides is 1. The van der Waals surface area contributed by atoms with Gasteiger partial charge < -0.3 is 10.1 Å². The van der Waals surface area contributed by atoms with Gasteiger partial charge in [0.25, 0.3) is 0 Å². The van der Waals surface area contributed by atoms with Crippen molar-refractivity contribution in [2.24, 2.45) is 0 Å². The summed E-state index contributed by atoms with van der Waals surface area (Å²) in [6, 6.07) is 5.92. The monoisotopic (exact) mass is 290 g/mol. The van der Waals surface area contributed by atoms with Crippen LogP contribution in [0.25, 0.3) is 0 Å². The third kappa shape index (κ3) is 4.05. The molecule has 1 aromatic carbocycles. The van der Waals surface area contributed by atoms with Crippen LogP contribution < -0.4 is 5.32 Å². The number of nitrogens with zero attached hydrogens (tertiary/aromatic N) is 1. The summed E-state index contributed by atoms with van der Waals surface area (Å²) in [4.78, 5) is 14.7. The molecule has 1 aliphatic rings. The second kappa shape index (κ2) is 6.58. The standard InChI is InChI=1S/C17H26N2O2/c1-11-6-7-16(12(2)8-11)18-17(20)15(5)19-9-13(3)21-14(4)10-19/h6-8,13-15H,9-10H2,1-5H3,(H,18,20)/t13-,14+,15-/m1/s1. The second-order valence-corrected chi connectivity index (χ2v) is 6.19. The molecule has 3 atom stereocenters. The minimum absolute atomic E-state index is 0.0447. The van der Waals surface area contributed by atoms with E-state index in [0.29, 0.717) is 0 Å². The number of aryl methyl sites for hydroxylation is 2. The Labute approximate surface area is 127 Å². The van der Waals surface area contributed by atoms with Gasteiger partial charge in [-0.25, -0.2) is 0 Å². The summed E-state index contributed by atoms with van der Waals surface area (Å²) in [7, 11) is 0. The van der Waals surface area contributed by atoms with E-state index in [4.69, 9.17) is 4.74 Å². The summed E-state index contributed by atoms with van der Waals surface area (Å²) in [5.74, 6) is 0.0447. The number of benzene rings is 1. The molecule has 1 heterocycles. The number of hydrogen-bond donors (Lipinski definition) is 1. The number of carbonyl (C=O) groups excluding carboxylic acids is 1. The molecule has 1 saturated heterocycles. The molecule has 1 fully saturated rings. The number of hydrogen-bond acceptors (Lipinski definition) is 3. The van der Waals surface area contributed by atoms with E-state index in [1.807, 2.05) is 26.0 Å². The molecule has 21 heavy (non-hydrogen) atoms. The van der Waals surface area contributed by atoms with Crippen LogP contribution in [0.2, 0.25) is 0 Å². The second-order valence-electron chi connectivity index (χ2n) is 6.19. The summed E-state index contributed by atoms with van der Waals surface area (Å²) in [5.41, 5.74) is 3.19. The van der Waals surface area contributed by atoms with Crippen molar-refractivity contribution in [1.29, 1.82) is 0 Å². The number of carbonyl (C=O) groups is 1. The third-order valence-corrected chi connectivity index (χ3v) is 4.01. The molecular formula is C17H26N2O2. The molecule has 0 radical (unpaired) electrons. The van der Waals surface area contributed by atoms with E-state index in [1.165, 1.54) is 5.56 Å². The molecule has 1 aliphatic heterocycles. The van der Waals surface area contributed by atoms with Crippen molar-refractivity contribution in [2.45, 2.75) is 52.9 Å². The van der Waals surface area contributed by atoms with Crippen LogP contribution in [-0.2, 0) is 9.53 Å². The van der Waals surface area contributed by atoms with Crippen LogP contribution in [0.1, 0.15) is 31.9 Å². The molecular weight excluding hydrogens is 264 g/mol. The Kier molecular flexibility index (Phi) is 5.01. The highest BCUT2D eigenvalue weighted by molar-refractivity contribution is 5.95. The van der Waals surface area contributed by atoms with Crippen LogP contribution in [0.4, 0.5) is 5.69 Å². The van der Waals surface area contributed by atoms with Crippen molar-refractivity contribution in [3.63, 3.8) is 0 Å². The highest BCUT2D eigenvalue weighted by atomic mass is 16.5. The molecule has 4 heteroatoms. The van der Waals surface area contributed by atoms with E-state index >= 15 is 0 Å². The molecule has 0 aliphatic carbocycles. The molecule has 0 saturated carbocycles. The molecule has 0 spiro atoms. The maximum Gasteiger partial charge on any atom is 0.241 e. The summed E-state index contributed by atoms with van der Waals surface area (Å²) in [6.45, 7) is 11.7. The lowest BCUT2D eigenvalue weighted by Crippen LogP contribution is -2.52. The van der Waals surface area contributed by atoms with Crippen LogP contribution in [-0.4, -0.2) is 42.1 Å². The van der Waals surface area contributed by atoms with Gasteiger partial charge in [0.1, 0.15) is 0 Å².